The predicted octanol–water partition coefficient (Wildman–Crippen LogP) is 3.81. The average Bonchev–Trinajstić information content (AvgIpc) is 2.49. The summed E-state index contributed by atoms with van der Waals surface area (Å²) in [5, 5.41) is 0. The van der Waals surface area contributed by atoms with Gasteiger partial charge in [-0.2, -0.15) is 0 Å². The van der Waals surface area contributed by atoms with Crippen LogP contribution in [0.25, 0.3) is 0 Å². The molecule has 0 unspecified atom stereocenters. The first-order chi connectivity index (χ1) is 10.3. The van der Waals surface area contributed by atoms with Gasteiger partial charge < -0.3 is 4.74 Å². The van der Waals surface area contributed by atoms with Crippen LogP contribution in [0, 0.1) is 6.92 Å². The molecule has 6 heteroatoms. The van der Waals surface area contributed by atoms with Gasteiger partial charge in [-0.25, -0.2) is 13.1 Å². The van der Waals surface area contributed by atoms with Crippen LogP contribution < -0.4 is 9.46 Å². The summed E-state index contributed by atoms with van der Waals surface area (Å²) in [6, 6.07) is 12.3. The van der Waals surface area contributed by atoms with Gasteiger partial charge in [-0.1, -0.05) is 46.3 Å². The summed E-state index contributed by atoms with van der Waals surface area (Å²) >= 11 is 3.37. The molecule has 0 radical (unpaired) electrons. The first kappa shape index (κ1) is 17.0. The summed E-state index contributed by atoms with van der Waals surface area (Å²) < 4.78 is 33.9. The molecule has 1 atom stereocenters. The number of rotatable bonds is 5. The van der Waals surface area contributed by atoms with Crippen LogP contribution in [0.3, 0.4) is 0 Å². The van der Waals surface area contributed by atoms with Crippen LogP contribution in [0.2, 0.25) is 0 Å². The van der Waals surface area contributed by atoms with Crippen molar-refractivity contribution in [3.8, 4) is 5.75 Å². The van der Waals surface area contributed by atoms with Crippen LogP contribution in [0.5, 0.6) is 5.75 Å². The highest BCUT2D eigenvalue weighted by Crippen LogP contribution is 2.31. The Labute approximate surface area is 139 Å². The van der Waals surface area contributed by atoms with Gasteiger partial charge in [0, 0.05) is 10.5 Å². The van der Waals surface area contributed by atoms with Gasteiger partial charge in [-0.05, 0) is 37.1 Å². The van der Waals surface area contributed by atoms with E-state index in [1.165, 1.54) is 7.11 Å². The molecule has 0 bridgehead atoms. The summed E-state index contributed by atoms with van der Waals surface area (Å²) in [6.07, 6.45) is 0. The number of halogens is 1. The number of nitrogens with one attached hydrogen (secondary N) is 1. The zero-order valence-electron chi connectivity index (χ0n) is 12.6. The molecule has 0 heterocycles. The van der Waals surface area contributed by atoms with Crippen LogP contribution >= 0.6 is 15.9 Å². The van der Waals surface area contributed by atoms with Crippen molar-refractivity contribution in [2.24, 2.45) is 0 Å². The van der Waals surface area contributed by atoms with E-state index in [4.69, 9.17) is 4.74 Å². The van der Waals surface area contributed by atoms with Crippen molar-refractivity contribution in [2.75, 3.05) is 7.11 Å². The predicted molar refractivity (Wildman–Crippen MR) is 90.6 cm³/mol. The molecule has 2 aromatic carbocycles. The fraction of sp³-hybridized carbons (Fsp3) is 0.250. The van der Waals surface area contributed by atoms with Gasteiger partial charge in [0.05, 0.1) is 7.11 Å². The monoisotopic (exact) mass is 383 g/mol. The van der Waals surface area contributed by atoms with Crippen LogP contribution in [-0.2, 0) is 10.0 Å². The Morgan fingerprint density at radius 3 is 2.41 bits per heavy atom. The number of hydrogen-bond donors (Lipinski definition) is 1. The smallest absolute Gasteiger partial charge is 0.244 e. The van der Waals surface area contributed by atoms with Crippen molar-refractivity contribution < 1.29 is 13.2 Å². The standard InChI is InChI=1S/C16H18BrNO3S/c1-11-9-15(21-3)16(10-14(11)17)22(19,20)18-12(2)13-7-5-4-6-8-13/h4-10,12,18H,1-3H3/t12-/m0/s1. The van der Waals surface area contributed by atoms with Crippen LogP contribution in [0.4, 0.5) is 0 Å². The number of benzene rings is 2. The maximum atomic E-state index is 12.6. The van der Waals surface area contributed by atoms with Gasteiger partial charge in [-0.3, -0.25) is 0 Å². The lowest BCUT2D eigenvalue weighted by Gasteiger charge is -2.17. The van der Waals surface area contributed by atoms with Crippen LogP contribution in [0.1, 0.15) is 24.1 Å². The molecular weight excluding hydrogens is 366 g/mol. The second-order valence-electron chi connectivity index (χ2n) is 5.01. The fourth-order valence-corrected chi connectivity index (χ4v) is 4.02. The third-order valence-electron chi connectivity index (χ3n) is 3.37. The highest BCUT2D eigenvalue weighted by atomic mass is 79.9. The molecule has 0 saturated heterocycles. The quantitative estimate of drug-likeness (QED) is 0.853. The molecule has 2 rings (SSSR count). The molecule has 1 N–H and O–H groups in total. The molecule has 0 aliphatic heterocycles. The number of aryl methyl sites for hydroxylation is 1. The van der Waals surface area contributed by atoms with Crippen molar-refractivity contribution in [3.63, 3.8) is 0 Å². The second kappa shape index (κ2) is 6.81. The Bertz CT molecular complexity index is 760. The Hall–Kier alpha value is -1.37. The van der Waals surface area contributed by atoms with E-state index in [1.54, 1.807) is 12.1 Å². The van der Waals surface area contributed by atoms with E-state index in [1.807, 2.05) is 44.2 Å². The zero-order valence-corrected chi connectivity index (χ0v) is 15.0. The van der Waals surface area contributed by atoms with Crippen LogP contribution in [0.15, 0.2) is 51.8 Å². The van der Waals surface area contributed by atoms with Crippen LogP contribution in [-0.4, -0.2) is 15.5 Å². The fourth-order valence-electron chi connectivity index (χ4n) is 2.11. The molecule has 0 amide bonds. The van der Waals surface area contributed by atoms with Crippen molar-refractivity contribution in [3.05, 3.63) is 58.1 Å². The highest BCUT2D eigenvalue weighted by Gasteiger charge is 2.23. The summed E-state index contributed by atoms with van der Waals surface area (Å²) in [4.78, 5) is 0.121. The largest absolute Gasteiger partial charge is 0.495 e. The molecule has 2 aromatic rings. The SMILES string of the molecule is COc1cc(C)c(Br)cc1S(=O)(=O)N[C@@H](C)c1ccccc1. The Kier molecular flexibility index (Phi) is 5.26. The van der Waals surface area contributed by atoms with E-state index in [0.29, 0.717) is 5.75 Å². The lowest BCUT2D eigenvalue weighted by Crippen LogP contribution is -2.27. The molecule has 118 valence electrons. The molecular formula is C16H18BrNO3S. The third kappa shape index (κ3) is 3.69. The van der Waals surface area contributed by atoms with Crippen molar-refractivity contribution in [1.29, 1.82) is 0 Å². The van der Waals surface area contributed by atoms with E-state index in [2.05, 4.69) is 20.7 Å². The minimum atomic E-state index is -3.69. The summed E-state index contributed by atoms with van der Waals surface area (Å²) in [5.74, 6) is 0.327. The van der Waals surface area contributed by atoms with Gasteiger partial charge >= 0.3 is 0 Å². The normalized spacial score (nSPS) is 12.9. The Balaban J connectivity index is 2.37. The molecule has 22 heavy (non-hydrogen) atoms. The third-order valence-corrected chi connectivity index (χ3v) is 5.78. The molecule has 0 spiro atoms. The van der Waals surface area contributed by atoms with Gasteiger partial charge in [-0.15, -0.1) is 0 Å². The second-order valence-corrected chi connectivity index (χ2v) is 7.54. The van der Waals surface area contributed by atoms with Crippen molar-refractivity contribution in [2.45, 2.75) is 24.8 Å². The van der Waals surface area contributed by atoms with Gasteiger partial charge in [0.25, 0.3) is 0 Å². The van der Waals surface area contributed by atoms with Gasteiger partial charge in [0.2, 0.25) is 10.0 Å². The van der Waals surface area contributed by atoms with E-state index >= 15 is 0 Å². The topological polar surface area (TPSA) is 55.4 Å². The molecule has 0 fully saturated rings. The molecule has 4 nitrogen and oxygen atoms in total. The lowest BCUT2D eigenvalue weighted by molar-refractivity contribution is 0.401. The molecule has 0 aliphatic rings. The van der Waals surface area contributed by atoms with Crippen molar-refractivity contribution in [1.82, 2.24) is 4.72 Å². The van der Waals surface area contributed by atoms with Gasteiger partial charge in [0.1, 0.15) is 10.6 Å². The van der Waals surface area contributed by atoms with Gasteiger partial charge in [0.15, 0.2) is 0 Å². The Morgan fingerprint density at radius 1 is 1.18 bits per heavy atom. The summed E-state index contributed by atoms with van der Waals surface area (Å²) in [5.41, 5.74) is 1.81. The first-order valence-corrected chi connectivity index (χ1v) is 9.04. The molecule has 0 aliphatic carbocycles. The maximum Gasteiger partial charge on any atom is 0.244 e. The average molecular weight is 384 g/mol. The van der Waals surface area contributed by atoms with E-state index < -0.39 is 10.0 Å². The molecule has 0 saturated carbocycles. The Morgan fingerprint density at radius 2 is 1.82 bits per heavy atom. The minimum Gasteiger partial charge on any atom is -0.495 e. The van der Waals surface area contributed by atoms with E-state index in [-0.39, 0.29) is 10.9 Å². The van der Waals surface area contributed by atoms with Crippen molar-refractivity contribution >= 4 is 26.0 Å². The lowest BCUT2D eigenvalue weighted by atomic mass is 10.1. The van der Waals surface area contributed by atoms with E-state index in [9.17, 15) is 8.42 Å². The summed E-state index contributed by atoms with van der Waals surface area (Å²) in [6.45, 7) is 3.69. The highest BCUT2D eigenvalue weighted by molar-refractivity contribution is 9.10. The maximum absolute atomic E-state index is 12.6. The zero-order chi connectivity index (χ0) is 16.3. The number of ether oxygens (including phenoxy) is 1. The summed E-state index contributed by atoms with van der Waals surface area (Å²) in [7, 11) is -2.23. The molecule has 0 aromatic heterocycles. The first-order valence-electron chi connectivity index (χ1n) is 6.76. The number of methoxy groups -OCH3 is 1. The number of hydrogen-bond acceptors (Lipinski definition) is 3. The minimum absolute atomic E-state index is 0.121. The number of sulfonamides is 1. The van der Waals surface area contributed by atoms with E-state index in [0.717, 1.165) is 15.6 Å².